The molecule has 2 nitrogen and oxygen atoms in total. The van der Waals surface area contributed by atoms with Crippen molar-refractivity contribution in [3.63, 3.8) is 0 Å². The fourth-order valence-electron chi connectivity index (χ4n) is 2.18. The number of halogens is 2. The van der Waals surface area contributed by atoms with Gasteiger partial charge in [0.25, 0.3) is 0 Å². The lowest BCUT2D eigenvalue weighted by molar-refractivity contribution is 0.531. The van der Waals surface area contributed by atoms with E-state index in [1.54, 1.807) is 0 Å². The summed E-state index contributed by atoms with van der Waals surface area (Å²) in [5.41, 5.74) is 2.45. The zero-order valence-corrected chi connectivity index (χ0v) is 14.2. The van der Waals surface area contributed by atoms with Crippen LogP contribution in [0.1, 0.15) is 51.9 Å². The quantitative estimate of drug-likeness (QED) is 0.654. The number of aryl methyl sites for hydroxylation is 2. The third-order valence-electron chi connectivity index (χ3n) is 3.12. The van der Waals surface area contributed by atoms with E-state index in [2.05, 4.69) is 53.4 Å². The van der Waals surface area contributed by atoms with E-state index in [0.717, 1.165) is 37.9 Å². The molecule has 0 aromatic carbocycles. The summed E-state index contributed by atoms with van der Waals surface area (Å²) in [6.07, 6.45) is 4.08. The molecule has 0 amide bonds. The van der Waals surface area contributed by atoms with E-state index < -0.39 is 0 Å². The number of nitrogens with zero attached hydrogens (tertiary/aromatic N) is 2. The average Bonchev–Trinajstić information content (AvgIpc) is 2.62. The van der Waals surface area contributed by atoms with Crippen LogP contribution in [-0.2, 0) is 19.4 Å². The van der Waals surface area contributed by atoms with Crippen LogP contribution in [0.4, 0.5) is 0 Å². The maximum absolute atomic E-state index is 6.37. The molecule has 1 unspecified atom stereocenters. The highest BCUT2D eigenvalue weighted by atomic mass is 79.9. The van der Waals surface area contributed by atoms with Gasteiger partial charge in [-0.25, -0.2) is 0 Å². The minimum atomic E-state index is 0.266. The fourth-order valence-corrected chi connectivity index (χ4v) is 3.41. The van der Waals surface area contributed by atoms with Crippen LogP contribution < -0.4 is 0 Å². The predicted octanol–water partition coefficient (Wildman–Crippen LogP) is 4.81. The molecule has 0 aliphatic heterocycles. The first kappa shape index (κ1) is 16.0. The van der Waals surface area contributed by atoms with E-state index in [4.69, 9.17) is 11.6 Å². The first-order valence-corrected chi connectivity index (χ1v) is 8.10. The second-order valence-corrected chi connectivity index (χ2v) is 6.55. The monoisotopic (exact) mass is 334 g/mol. The molecular weight excluding hydrogens is 312 g/mol. The van der Waals surface area contributed by atoms with Crippen LogP contribution in [0.15, 0.2) is 4.47 Å². The van der Waals surface area contributed by atoms with Gasteiger partial charge in [0, 0.05) is 11.9 Å². The van der Waals surface area contributed by atoms with Crippen molar-refractivity contribution in [2.45, 2.75) is 65.3 Å². The molecule has 0 saturated heterocycles. The molecule has 1 atom stereocenters. The van der Waals surface area contributed by atoms with E-state index in [-0.39, 0.29) is 5.38 Å². The topological polar surface area (TPSA) is 17.8 Å². The summed E-state index contributed by atoms with van der Waals surface area (Å²) in [6, 6.07) is 0. The van der Waals surface area contributed by atoms with E-state index in [0.29, 0.717) is 5.92 Å². The van der Waals surface area contributed by atoms with Gasteiger partial charge in [0.05, 0.1) is 15.9 Å². The number of hydrogen-bond acceptors (Lipinski definition) is 1. The largest absolute Gasteiger partial charge is 0.268 e. The Balaban J connectivity index is 2.69. The lowest BCUT2D eigenvalue weighted by Gasteiger charge is -2.12. The highest BCUT2D eigenvalue weighted by Crippen LogP contribution is 2.25. The molecule has 18 heavy (non-hydrogen) atoms. The van der Waals surface area contributed by atoms with Gasteiger partial charge in [-0.05, 0) is 54.5 Å². The van der Waals surface area contributed by atoms with Crippen LogP contribution in [-0.4, -0.2) is 15.2 Å². The van der Waals surface area contributed by atoms with E-state index in [9.17, 15) is 0 Å². The van der Waals surface area contributed by atoms with Gasteiger partial charge in [0.1, 0.15) is 0 Å². The van der Waals surface area contributed by atoms with Gasteiger partial charge in [0.15, 0.2) is 0 Å². The number of aromatic nitrogens is 2. The van der Waals surface area contributed by atoms with E-state index in [1.807, 2.05) is 0 Å². The van der Waals surface area contributed by atoms with Crippen molar-refractivity contribution < 1.29 is 0 Å². The second-order valence-electron chi connectivity index (χ2n) is 5.14. The molecule has 0 aliphatic rings. The zero-order chi connectivity index (χ0) is 13.7. The van der Waals surface area contributed by atoms with Gasteiger partial charge in [-0.15, -0.1) is 11.6 Å². The number of alkyl halides is 1. The normalized spacial score (nSPS) is 13.3. The molecule has 0 spiro atoms. The molecule has 1 heterocycles. The Morgan fingerprint density at radius 3 is 2.50 bits per heavy atom. The summed E-state index contributed by atoms with van der Waals surface area (Å²) in [5, 5.41) is 4.88. The third kappa shape index (κ3) is 4.27. The average molecular weight is 336 g/mol. The van der Waals surface area contributed by atoms with Crippen molar-refractivity contribution in [3.05, 3.63) is 15.9 Å². The van der Waals surface area contributed by atoms with E-state index >= 15 is 0 Å². The summed E-state index contributed by atoms with van der Waals surface area (Å²) in [7, 11) is 0. The molecule has 4 heteroatoms. The lowest BCUT2D eigenvalue weighted by atomic mass is 10.0. The van der Waals surface area contributed by atoms with Crippen LogP contribution in [0.3, 0.4) is 0 Å². The molecule has 0 aliphatic carbocycles. The number of rotatable bonds is 7. The standard InChI is InChI=1S/C14H24BrClN2/c1-5-12-14(15)13(18(6-2)17-12)8-7-11(16)9-10(3)4/h10-11H,5-9H2,1-4H3. The summed E-state index contributed by atoms with van der Waals surface area (Å²) in [6.45, 7) is 9.63. The Hall–Kier alpha value is -0.0200. The highest BCUT2D eigenvalue weighted by Gasteiger charge is 2.15. The van der Waals surface area contributed by atoms with Crippen molar-refractivity contribution in [2.75, 3.05) is 0 Å². The molecule has 1 aromatic rings. The SMILES string of the molecule is CCc1nn(CC)c(CCC(Cl)CC(C)C)c1Br. The van der Waals surface area contributed by atoms with Crippen molar-refractivity contribution >= 4 is 27.5 Å². The Morgan fingerprint density at radius 1 is 1.33 bits per heavy atom. The Morgan fingerprint density at radius 2 is 2.00 bits per heavy atom. The van der Waals surface area contributed by atoms with Crippen LogP contribution in [0.2, 0.25) is 0 Å². The van der Waals surface area contributed by atoms with Gasteiger partial charge >= 0.3 is 0 Å². The summed E-state index contributed by atoms with van der Waals surface area (Å²) < 4.78 is 3.28. The molecule has 0 fully saturated rings. The molecule has 0 saturated carbocycles. The Labute approximate surface area is 124 Å². The first-order chi connectivity index (χ1) is 8.49. The molecule has 0 N–H and O–H groups in total. The van der Waals surface area contributed by atoms with E-state index in [1.165, 1.54) is 10.2 Å². The maximum atomic E-state index is 6.37. The fraction of sp³-hybridized carbons (Fsp3) is 0.786. The van der Waals surface area contributed by atoms with Crippen molar-refractivity contribution in [3.8, 4) is 0 Å². The highest BCUT2D eigenvalue weighted by molar-refractivity contribution is 9.10. The van der Waals surface area contributed by atoms with Crippen LogP contribution in [0.5, 0.6) is 0 Å². The van der Waals surface area contributed by atoms with Crippen LogP contribution in [0, 0.1) is 5.92 Å². The lowest BCUT2D eigenvalue weighted by Crippen LogP contribution is -2.08. The molecular formula is C14H24BrClN2. The minimum Gasteiger partial charge on any atom is -0.268 e. The van der Waals surface area contributed by atoms with Gasteiger partial charge in [-0.3, -0.25) is 4.68 Å². The number of hydrogen-bond donors (Lipinski definition) is 0. The van der Waals surface area contributed by atoms with Crippen molar-refractivity contribution in [2.24, 2.45) is 5.92 Å². The van der Waals surface area contributed by atoms with Crippen LogP contribution >= 0.6 is 27.5 Å². The van der Waals surface area contributed by atoms with Gasteiger partial charge in [-0.2, -0.15) is 5.10 Å². The molecule has 0 radical (unpaired) electrons. The summed E-state index contributed by atoms with van der Waals surface area (Å²) in [4.78, 5) is 0. The second kappa shape index (κ2) is 7.54. The smallest absolute Gasteiger partial charge is 0.0766 e. The molecule has 1 aromatic heterocycles. The van der Waals surface area contributed by atoms with Crippen LogP contribution in [0.25, 0.3) is 0 Å². The molecule has 1 rings (SSSR count). The Bertz CT molecular complexity index is 374. The summed E-state index contributed by atoms with van der Waals surface area (Å²) in [5.74, 6) is 0.665. The van der Waals surface area contributed by atoms with Crippen molar-refractivity contribution in [1.82, 2.24) is 9.78 Å². The first-order valence-electron chi connectivity index (χ1n) is 6.87. The van der Waals surface area contributed by atoms with Crippen molar-refractivity contribution in [1.29, 1.82) is 0 Å². The zero-order valence-electron chi connectivity index (χ0n) is 11.8. The molecule has 104 valence electrons. The summed E-state index contributed by atoms with van der Waals surface area (Å²) >= 11 is 10.0. The predicted molar refractivity (Wildman–Crippen MR) is 82.4 cm³/mol. The maximum Gasteiger partial charge on any atom is 0.0766 e. The molecule has 0 bridgehead atoms. The minimum absolute atomic E-state index is 0.266. The Kier molecular flexibility index (Phi) is 6.72. The van der Waals surface area contributed by atoms with Gasteiger partial charge in [-0.1, -0.05) is 20.8 Å². The van der Waals surface area contributed by atoms with Gasteiger partial charge < -0.3 is 0 Å². The third-order valence-corrected chi connectivity index (χ3v) is 4.43. The van der Waals surface area contributed by atoms with Gasteiger partial charge in [0.2, 0.25) is 0 Å².